The second kappa shape index (κ2) is 9.43. The lowest BCUT2D eigenvalue weighted by Gasteiger charge is -2.38. The Morgan fingerprint density at radius 2 is 2.03 bits per heavy atom. The number of benzene rings is 1. The molecule has 1 aliphatic carbocycles. The number of alkyl halides is 1. The minimum atomic E-state index is -1.12. The summed E-state index contributed by atoms with van der Waals surface area (Å²) in [6, 6.07) is 7.74. The lowest BCUT2D eigenvalue weighted by atomic mass is 9.99. The second-order valence-corrected chi connectivity index (χ2v) is 8.58. The lowest BCUT2D eigenvalue weighted by molar-refractivity contribution is -0.152. The maximum absolute atomic E-state index is 14.0. The molecule has 2 heterocycles. The molecule has 3 unspecified atom stereocenters. The monoisotopic (exact) mass is 434 g/mol. The van der Waals surface area contributed by atoms with Gasteiger partial charge in [0.15, 0.2) is 0 Å². The van der Waals surface area contributed by atoms with E-state index in [-0.39, 0.29) is 18.1 Å². The Bertz CT molecular complexity index is 866. The summed E-state index contributed by atoms with van der Waals surface area (Å²) in [5.41, 5.74) is 0.938. The Kier molecular flexibility index (Phi) is 7.14. The molecule has 2 aliphatic rings. The summed E-state index contributed by atoms with van der Waals surface area (Å²) in [6.07, 6.45) is -0.267. The van der Waals surface area contributed by atoms with Crippen molar-refractivity contribution in [3.8, 4) is 17.0 Å². The van der Waals surface area contributed by atoms with Crippen LogP contribution in [0, 0.1) is 5.41 Å². The van der Waals surface area contributed by atoms with E-state index < -0.39 is 11.6 Å². The van der Waals surface area contributed by atoms with Crippen LogP contribution in [0.4, 0.5) is 4.39 Å². The van der Waals surface area contributed by atoms with Crippen molar-refractivity contribution in [3.63, 3.8) is 0 Å². The molecule has 2 fully saturated rings. The van der Waals surface area contributed by atoms with Gasteiger partial charge in [-0.05, 0) is 38.8 Å². The Morgan fingerprint density at radius 1 is 1.33 bits per heavy atom. The minimum Gasteiger partial charge on any atom is -0.496 e. The topological polar surface area (TPSA) is 51.7 Å². The molecule has 1 aromatic carbocycles. The Balaban J connectivity index is 0.00000124. The van der Waals surface area contributed by atoms with E-state index in [1.807, 2.05) is 50.4 Å². The van der Waals surface area contributed by atoms with E-state index in [2.05, 4.69) is 0 Å². The molecule has 30 heavy (non-hydrogen) atoms. The van der Waals surface area contributed by atoms with E-state index in [1.54, 1.807) is 12.0 Å². The van der Waals surface area contributed by atoms with E-state index in [4.69, 9.17) is 14.5 Å². The number of aromatic nitrogens is 1. The zero-order valence-corrected chi connectivity index (χ0v) is 19.2. The predicted molar refractivity (Wildman–Crippen MR) is 118 cm³/mol. The standard InChI is InChI=1S/C21H25FN2O3S.C2H6/c1-13-10-24(20(25)21(8-9-21)14(2)22)11-18(27-13)19-23-16(12-28-19)15-6-4-5-7-17(15)26-3;1-2/h4-7,12-14,18H,8-11H2,1-3H3;1-2H3. The smallest absolute Gasteiger partial charge is 0.231 e. The number of para-hydroxylation sites is 1. The van der Waals surface area contributed by atoms with Crippen LogP contribution in [0.2, 0.25) is 0 Å². The normalized spacial score (nSPS) is 23.2. The van der Waals surface area contributed by atoms with Crippen molar-refractivity contribution in [1.29, 1.82) is 0 Å². The largest absolute Gasteiger partial charge is 0.496 e. The fourth-order valence-electron chi connectivity index (χ4n) is 3.90. The van der Waals surface area contributed by atoms with Gasteiger partial charge in [-0.1, -0.05) is 26.0 Å². The van der Waals surface area contributed by atoms with Gasteiger partial charge in [0, 0.05) is 17.5 Å². The molecule has 2 aromatic rings. The molecule has 164 valence electrons. The molecule has 0 spiro atoms. The quantitative estimate of drug-likeness (QED) is 0.643. The van der Waals surface area contributed by atoms with E-state index in [9.17, 15) is 9.18 Å². The van der Waals surface area contributed by atoms with Gasteiger partial charge in [0.25, 0.3) is 0 Å². The summed E-state index contributed by atoms with van der Waals surface area (Å²) < 4.78 is 25.5. The third-order valence-corrected chi connectivity index (χ3v) is 6.64. The zero-order chi connectivity index (χ0) is 21.9. The summed E-state index contributed by atoms with van der Waals surface area (Å²) in [5, 5.41) is 2.80. The van der Waals surface area contributed by atoms with Crippen LogP contribution in [0.5, 0.6) is 5.75 Å². The number of halogens is 1. The number of amides is 1. The van der Waals surface area contributed by atoms with Crippen LogP contribution in [0.1, 0.15) is 51.6 Å². The number of rotatable bonds is 5. The molecule has 1 saturated heterocycles. The first-order valence-electron chi connectivity index (χ1n) is 10.6. The highest BCUT2D eigenvalue weighted by Crippen LogP contribution is 2.52. The molecule has 1 saturated carbocycles. The number of morpholine rings is 1. The highest BCUT2D eigenvalue weighted by molar-refractivity contribution is 7.10. The maximum Gasteiger partial charge on any atom is 0.231 e. The van der Waals surface area contributed by atoms with Crippen molar-refractivity contribution in [2.45, 2.75) is 58.9 Å². The van der Waals surface area contributed by atoms with Crippen LogP contribution in [0.3, 0.4) is 0 Å². The molecule has 1 amide bonds. The van der Waals surface area contributed by atoms with Crippen molar-refractivity contribution in [2.75, 3.05) is 20.2 Å². The van der Waals surface area contributed by atoms with Gasteiger partial charge in [0.2, 0.25) is 5.91 Å². The number of thiazole rings is 1. The van der Waals surface area contributed by atoms with E-state index in [0.717, 1.165) is 22.0 Å². The van der Waals surface area contributed by atoms with E-state index >= 15 is 0 Å². The molecular formula is C23H31FN2O3S. The van der Waals surface area contributed by atoms with Crippen LogP contribution in [0.25, 0.3) is 11.3 Å². The molecule has 1 aliphatic heterocycles. The zero-order valence-electron chi connectivity index (χ0n) is 18.4. The van der Waals surface area contributed by atoms with Crippen LogP contribution < -0.4 is 4.74 Å². The first-order valence-corrected chi connectivity index (χ1v) is 11.5. The van der Waals surface area contributed by atoms with E-state index in [0.29, 0.717) is 25.9 Å². The molecule has 4 rings (SSSR count). The predicted octanol–water partition coefficient (Wildman–Crippen LogP) is 5.27. The van der Waals surface area contributed by atoms with Crippen molar-refractivity contribution in [3.05, 3.63) is 34.7 Å². The van der Waals surface area contributed by atoms with Crippen molar-refractivity contribution in [1.82, 2.24) is 9.88 Å². The fourth-order valence-corrected chi connectivity index (χ4v) is 4.75. The SMILES string of the molecule is CC.COc1ccccc1-c1csc(C2CN(C(=O)C3(C(C)F)CC3)CC(C)O2)n1. The Morgan fingerprint density at radius 3 is 2.67 bits per heavy atom. The highest BCUT2D eigenvalue weighted by atomic mass is 32.1. The first-order chi connectivity index (χ1) is 14.4. The van der Waals surface area contributed by atoms with Crippen molar-refractivity contribution >= 4 is 17.2 Å². The molecule has 5 nitrogen and oxygen atoms in total. The molecule has 7 heteroatoms. The number of hydrogen-bond donors (Lipinski definition) is 0. The third kappa shape index (κ3) is 4.37. The summed E-state index contributed by atoms with van der Waals surface area (Å²) in [5.74, 6) is 0.686. The van der Waals surface area contributed by atoms with Gasteiger partial charge in [0.05, 0.1) is 30.9 Å². The van der Waals surface area contributed by atoms with Crippen LogP contribution >= 0.6 is 11.3 Å². The van der Waals surface area contributed by atoms with Gasteiger partial charge < -0.3 is 14.4 Å². The van der Waals surface area contributed by atoms with E-state index in [1.165, 1.54) is 18.3 Å². The Labute approximate surface area is 182 Å². The van der Waals surface area contributed by atoms with Crippen molar-refractivity contribution < 1.29 is 18.7 Å². The van der Waals surface area contributed by atoms with Gasteiger partial charge in [-0.3, -0.25) is 4.79 Å². The number of ether oxygens (including phenoxy) is 2. The summed E-state index contributed by atoms with van der Waals surface area (Å²) in [6.45, 7) is 8.34. The lowest BCUT2D eigenvalue weighted by Crippen LogP contribution is -2.50. The number of carbonyl (C=O) groups excluding carboxylic acids is 1. The number of nitrogens with zero attached hydrogens (tertiary/aromatic N) is 2. The summed E-state index contributed by atoms with van der Waals surface area (Å²) in [7, 11) is 1.64. The van der Waals surface area contributed by atoms with Crippen LogP contribution in [0.15, 0.2) is 29.6 Å². The fraction of sp³-hybridized carbons (Fsp3) is 0.565. The number of carbonyl (C=O) groups is 1. The van der Waals surface area contributed by atoms with Gasteiger partial charge in [-0.15, -0.1) is 11.3 Å². The number of hydrogen-bond acceptors (Lipinski definition) is 5. The average Bonchev–Trinajstić information content (AvgIpc) is 3.44. The Hall–Kier alpha value is -1.99. The summed E-state index contributed by atoms with van der Waals surface area (Å²) >= 11 is 1.51. The van der Waals surface area contributed by atoms with Gasteiger partial charge in [-0.25, -0.2) is 9.37 Å². The maximum atomic E-state index is 14.0. The molecule has 0 radical (unpaired) electrons. The third-order valence-electron chi connectivity index (χ3n) is 5.70. The molecule has 0 N–H and O–H groups in total. The van der Waals surface area contributed by atoms with Crippen molar-refractivity contribution in [2.24, 2.45) is 5.41 Å². The number of methoxy groups -OCH3 is 1. The molecule has 3 atom stereocenters. The molecule has 0 bridgehead atoms. The average molecular weight is 435 g/mol. The van der Waals surface area contributed by atoms with Gasteiger partial charge >= 0.3 is 0 Å². The van der Waals surface area contributed by atoms with Crippen LogP contribution in [-0.2, 0) is 9.53 Å². The molecular weight excluding hydrogens is 403 g/mol. The highest BCUT2D eigenvalue weighted by Gasteiger charge is 2.57. The van der Waals surface area contributed by atoms with Gasteiger partial charge in [-0.2, -0.15) is 0 Å². The summed E-state index contributed by atoms with van der Waals surface area (Å²) in [4.78, 5) is 19.5. The molecule has 1 aromatic heterocycles. The first kappa shape index (κ1) is 22.7. The van der Waals surface area contributed by atoms with Crippen LogP contribution in [-0.4, -0.2) is 48.3 Å². The minimum absolute atomic E-state index is 0.0795. The van der Waals surface area contributed by atoms with Gasteiger partial charge in [0.1, 0.15) is 23.0 Å². The second-order valence-electron chi connectivity index (χ2n) is 7.69.